The normalized spacial score (nSPS) is 10.4. The molecule has 0 aliphatic heterocycles. The molecule has 2 aromatic rings. The molecule has 1 heterocycles. The number of aromatic carboxylic acids is 1. The average molecular weight is 260 g/mol. The van der Waals surface area contributed by atoms with Crippen molar-refractivity contribution in [2.45, 2.75) is 13.5 Å². The summed E-state index contributed by atoms with van der Waals surface area (Å²) in [5.74, 6) is -0.997. The van der Waals surface area contributed by atoms with E-state index in [1.54, 1.807) is 19.1 Å². The van der Waals surface area contributed by atoms with Crippen molar-refractivity contribution >= 4 is 5.97 Å². The van der Waals surface area contributed by atoms with Gasteiger partial charge in [0.05, 0.1) is 12.1 Å². The Kier molecular flexibility index (Phi) is 3.33. The topological polar surface area (TPSA) is 92.2 Å². The van der Waals surface area contributed by atoms with Crippen molar-refractivity contribution in [2.75, 3.05) is 0 Å². The first-order valence-electron chi connectivity index (χ1n) is 5.60. The molecule has 1 aromatic heterocycles. The van der Waals surface area contributed by atoms with Crippen molar-refractivity contribution in [2.24, 2.45) is 0 Å². The second-order valence-electron chi connectivity index (χ2n) is 4.20. The molecule has 0 aliphatic rings. The van der Waals surface area contributed by atoms with Crippen LogP contribution in [-0.2, 0) is 6.54 Å². The third-order valence-corrected chi connectivity index (χ3v) is 2.74. The van der Waals surface area contributed by atoms with Crippen molar-refractivity contribution in [1.82, 2.24) is 9.55 Å². The van der Waals surface area contributed by atoms with Gasteiger partial charge in [-0.25, -0.2) is 9.59 Å². The molecule has 0 spiro atoms. The van der Waals surface area contributed by atoms with Crippen molar-refractivity contribution in [3.8, 4) is 0 Å². The average Bonchev–Trinajstić information content (AvgIpc) is 2.36. The van der Waals surface area contributed by atoms with Gasteiger partial charge in [0.2, 0.25) is 0 Å². The van der Waals surface area contributed by atoms with E-state index >= 15 is 0 Å². The Morgan fingerprint density at radius 3 is 2.47 bits per heavy atom. The Bertz CT molecular complexity index is 726. The van der Waals surface area contributed by atoms with Gasteiger partial charge in [-0.05, 0) is 24.6 Å². The van der Waals surface area contributed by atoms with E-state index in [1.165, 1.54) is 22.9 Å². The molecule has 2 rings (SSSR count). The molecule has 0 unspecified atom stereocenters. The van der Waals surface area contributed by atoms with Crippen molar-refractivity contribution < 1.29 is 9.90 Å². The first-order valence-corrected chi connectivity index (χ1v) is 5.60. The summed E-state index contributed by atoms with van der Waals surface area (Å²) in [6.07, 6.45) is 1.48. The largest absolute Gasteiger partial charge is 0.478 e. The van der Waals surface area contributed by atoms with Crippen LogP contribution in [0.4, 0.5) is 0 Å². The SMILES string of the molecule is Cc1cn(Cc2ccc(C(=O)O)cc2)c(=O)[nH]c1=O. The summed E-state index contributed by atoms with van der Waals surface area (Å²) < 4.78 is 1.37. The fraction of sp³-hybridized carbons (Fsp3) is 0.154. The summed E-state index contributed by atoms with van der Waals surface area (Å²) in [6.45, 7) is 1.89. The van der Waals surface area contributed by atoms with Gasteiger partial charge in [0.25, 0.3) is 5.56 Å². The number of hydrogen-bond acceptors (Lipinski definition) is 3. The lowest BCUT2D eigenvalue weighted by Crippen LogP contribution is -2.31. The van der Waals surface area contributed by atoms with Gasteiger partial charge in [-0.2, -0.15) is 0 Å². The molecule has 98 valence electrons. The number of rotatable bonds is 3. The maximum atomic E-state index is 11.6. The third kappa shape index (κ3) is 2.79. The smallest absolute Gasteiger partial charge is 0.335 e. The minimum atomic E-state index is -0.997. The van der Waals surface area contributed by atoms with Gasteiger partial charge in [0.15, 0.2) is 0 Å². The molecule has 0 atom stereocenters. The van der Waals surface area contributed by atoms with E-state index in [1.807, 2.05) is 0 Å². The van der Waals surface area contributed by atoms with E-state index in [0.29, 0.717) is 5.56 Å². The quantitative estimate of drug-likeness (QED) is 0.844. The molecule has 6 heteroatoms. The molecule has 6 nitrogen and oxygen atoms in total. The molecule has 0 amide bonds. The Morgan fingerprint density at radius 2 is 1.89 bits per heavy atom. The predicted octanol–water partition coefficient (Wildman–Crippen LogP) is 0.592. The van der Waals surface area contributed by atoms with Gasteiger partial charge in [-0.15, -0.1) is 0 Å². The van der Waals surface area contributed by atoms with Crippen LogP contribution >= 0.6 is 0 Å². The number of aryl methyl sites for hydroxylation is 1. The van der Waals surface area contributed by atoms with Crippen molar-refractivity contribution in [3.63, 3.8) is 0 Å². The van der Waals surface area contributed by atoms with Crippen LogP contribution in [0.3, 0.4) is 0 Å². The van der Waals surface area contributed by atoms with Crippen LogP contribution in [0.5, 0.6) is 0 Å². The minimum absolute atomic E-state index is 0.189. The summed E-state index contributed by atoms with van der Waals surface area (Å²) in [5.41, 5.74) is 0.523. The zero-order valence-corrected chi connectivity index (χ0v) is 10.2. The second kappa shape index (κ2) is 4.93. The van der Waals surface area contributed by atoms with E-state index in [-0.39, 0.29) is 12.1 Å². The van der Waals surface area contributed by atoms with E-state index in [0.717, 1.165) is 5.56 Å². The van der Waals surface area contributed by atoms with Crippen LogP contribution in [0.1, 0.15) is 21.5 Å². The summed E-state index contributed by atoms with van der Waals surface area (Å²) in [4.78, 5) is 35.7. The number of carboxylic acid groups (broad SMARTS) is 1. The number of nitrogens with one attached hydrogen (secondary N) is 1. The van der Waals surface area contributed by atoms with Gasteiger partial charge in [0.1, 0.15) is 0 Å². The summed E-state index contributed by atoms with van der Waals surface area (Å²) in [6, 6.07) is 6.22. The van der Waals surface area contributed by atoms with Gasteiger partial charge >= 0.3 is 11.7 Å². The first kappa shape index (κ1) is 12.8. The number of carboxylic acids is 1. The van der Waals surface area contributed by atoms with E-state index in [2.05, 4.69) is 4.98 Å². The lowest BCUT2D eigenvalue weighted by atomic mass is 10.1. The maximum absolute atomic E-state index is 11.6. The standard InChI is InChI=1S/C13H12N2O4/c1-8-6-15(13(19)14-11(8)16)7-9-2-4-10(5-3-9)12(17)18/h2-6H,7H2,1H3,(H,17,18)(H,14,16,19). The molecular weight excluding hydrogens is 248 g/mol. The number of aromatic amines is 1. The zero-order valence-electron chi connectivity index (χ0n) is 10.2. The van der Waals surface area contributed by atoms with Crippen LogP contribution in [0, 0.1) is 6.92 Å². The highest BCUT2D eigenvalue weighted by Gasteiger charge is 2.04. The highest BCUT2D eigenvalue weighted by molar-refractivity contribution is 5.87. The molecule has 2 N–H and O–H groups in total. The Labute approximate surface area is 108 Å². The second-order valence-corrected chi connectivity index (χ2v) is 4.20. The number of H-pyrrole nitrogens is 1. The fourth-order valence-electron chi connectivity index (χ4n) is 1.69. The van der Waals surface area contributed by atoms with E-state index in [4.69, 9.17) is 5.11 Å². The molecule has 0 radical (unpaired) electrons. The molecule has 0 bridgehead atoms. The summed E-state index contributed by atoms with van der Waals surface area (Å²) in [7, 11) is 0. The number of benzene rings is 1. The van der Waals surface area contributed by atoms with Crippen LogP contribution in [0.2, 0.25) is 0 Å². The molecular formula is C13H12N2O4. The molecule has 0 fully saturated rings. The number of nitrogens with zero attached hydrogens (tertiary/aromatic N) is 1. The van der Waals surface area contributed by atoms with Crippen molar-refractivity contribution in [3.05, 3.63) is 68.0 Å². The molecule has 0 saturated heterocycles. The summed E-state index contributed by atoms with van der Waals surface area (Å²) in [5, 5.41) is 8.78. The van der Waals surface area contributed by atoms with Crippen LogP contribution < -0.4 is 11.2 Å². The highest BCUT2D eigenvalue weighted by atomic mass is 16.4. The number of carbonyl (C=O) groups is 1. The van der Waals surface area contributed by atoms with E-state index < -0.39 is 17.2 Å². The Hall–Kier alpha value is -2.63. The van der Waals surface area contributed by atoms with Gasteiger partial charge in [0, 0.05) is 11.8 Å². The molecule has 0 saturated carbocycles. The highest BCUT2D eigenvalue weighted by Crippen LogP contribution is 2.05. The van der Waals surface area contributed by atoms with Crippen LogP contribution in [0.25, 0.3) is 0 Å². The summed E-state index contributed by atoms with van der Waals surface area (Å²) >= 11 is 0. The fourth-order valence-corrected chi connectivity index (χ4v) is 1.69. The first-order chi connectivity index (χ1) is 8.97. The van der Waals surface area contributed by atoms with Gasteiger partial charge in [-0.1, -0.05) is 12.1 Å². The van der Waals surface area contributed by atoms with E-state index in [9.17, 15) is 14.4 Å². The van der Waals surface area contributed by atoms with Crippen LogP contribution in [-0.4, -0.2) is 20.6 Å². The lowest BCUT2D eigenvalue weighted by Gasteiger charge is -2.06. The monoisotopic (exact) mass is 260 g/mol. The van der Waals surface area contributed by atoms with Crippen molar-refractivity contribution in [1.29, 1.82) is 0 Å². The lowest BCUT2D eigenvalue weighted by molar-refractivity contribution is 0.0697. The molecule has 1 aromatic carbocycles. The maximum Gasteiger partial charge on any atom is 0.335 e. The zero-order chi connectivity index (χ0) is 14.0. The Morgan fingerprint density at radius 1 is 1.26 bits per heavy atom. The number of aromatic nitrogens is 2. The minimum Gasteiger partial charge on any atom is -0.478 e. The van der Waals surface area contributed by atoms with Gasteiger partial charge < -0.3 is 5.11 Å². The number of hydrogen-bond donors (Lipinski definition) is 2. The predicted molar refractivity (Wildman–Crippen MR) is 68.6 cm³/mol. The molecule has 0 aliphatic carbocycles. The van der Waals surface area contributed by atoms with Crippen LogP contribution in [0.15, 0.2) is 40.1 Å². The molecule has 19 heavy (non-hydrogen) atoms. The Balaban J connectivity index is 2.31. The third-order valence-electron chi connectivity index (χ3n) is 2.74. The van der Waals surface area contributed by atoms with Gasteiger partial charge in [-0.3, -0.25) is 14.3 Å².